The molecule has 8 nitrogen and oxygen atoms in total. The molecule has 1 rings (SSSR count). The number of phenols is 1. The van der Waals surface area contributed by atoms with E-state index in [2.05, 4.69) is 10.6 Å². The van der Waals surface area contributed by atoms with Crippen molar-refractivity contribution in [3.05, 3.63) is 29.8 Å². The first-order valence-electron chi connectivity index (χ1n) is 8.31. The van der Waals surface area contributed by atoms with Crippen LogP contribution in [0.4, 0.5) is 0 Å². The number of aldehydes is 1. The van der Waals surface area contributed by atoms with Crippen molar-refractivity contribution in [3.63, 3.8) is 0 Å². The third-order valence-electron chi connectivity index (χ3n) is 3.50. The van der Waals surface area contributed by atoms with Gasteiger partial charge in [-0.2, -0.15) is 11.8 Å². The molecule has 0 spiro atoms. The number of carbonyl (C=O) groups is 3. The van der Waals surface area contributed by atoms with E-state index in [0.717, 1.165) is 17.7 Å². The van der Waals surface area contributed by atoms with Crippen molar-refractivity contribution < 1.29 is 19.5 Å². The van der Waals surface area contributed by atoms with E-state index in [4.69, 9.17) is 11.5 Å². The Balaban J connectivity index is 2.61. The van der Waals surface area contributed by atoms with Crippen molar-refractivity contribution in [2.45, 2.75) is 24.9 Å². The summed E-state index contributed by atoms with van der Waals surface area (Å²) in [6, 6.07) is 4.78. The maximum absolute atomic E-state index is 12.3. The zero-order chi connectivity index (χ0) is 19.4. The van der Waals surface area contributed by atoms with E-state index >= 15 is 0 Å². The van der Waals surface area contributed by atoms with Crippen molar-refractivity contribution in [3.8, 4) is 5.75 Å². The predicted octanol–water partition coefficient (Wildman–Crippen LogP) is -0.856. The summed E-state index contributed by atoms with van der Waals surface area (Å²) in [6.45, 7) is 0.442. The van der Waals surface area contributed by atoms with Crippen molar-refractivity contribution in [2.24, 2.45) is 11.5 Å². The molecule has 2 amide bonds. The molecule has 0 saturated heterocycles. The van der Waals surface area contributed by atoms with Gasteiger partial charge in [-0.1, -0.05) is 12.1 Å². The van der Waals surface area contributed by atoms with Gasteiger partial charge in [0.1, 0.15) is 18.1 Å². The van der Waals surface area contributed by atoms with Gasteiger partial charge < -0.3 is 32.0 Å². The van der Waals surface area contributed by atoms with Gasteiger partial charge in [-0.3, -0.25) is 9.59 Å². The number of nitrogens with one attached hydrogen (secondary N) is 2. The van der Waals surface area contributed by atoms with Gasteiger partial charge in [0.15, 0.2) is 0 Å². The van der Waals surface area contributed by atoms with Crippen LogP contribution in [0.3, 0.4) is 0 Å². The summed E-state index contributed by atoms with van der Waals surface area (Å²) in [5, 5.41) is 14.4. The van der Waals surface area contributed by atoms with E-state index in [1.807, 2.05) is 0 Å². The molecule has 144 valence electrons. The fourth-order valence-electron chi connectivity index (χ4n) is 2.09. The Hall–Kier alpha value is -2.10. The van der Waals surface area contributed by atoms with Gasteiger partial charge in [-0.25, -0.2) is 0 Å². The summed E-state index contributed by atoms with van der Waals surface area (Å²) in [6.07, 6.45) is 1.66. The maximum Gasteiger partial charge on any atom is 0.243 e. The van der Waals surface area contributed by atoms with E-state index in [0.29, 0.717) is 18.6 Å². The minimum atomic E-state index is -0.838. The maximum atomic E-state index is 12.3. The normalized spacial score (nSPS) is 12.8. The van der Waals surface area contributed by atoms with Crippen LogP contribution in [-0.4, -0.2) is 59.9 Å². The minimum absolute atomic E-state index is 0.113. The Bertz CT molecular complexity index is 583. The summed E-state index contributed by atoms with van der Waals surface area (Å²) < 4.78 is 0. The number of aromatic hydroxyl groups is 1. The lowest BCUT2D eigenvalue weighted by Crippen LogP contribution is -2.53. The van der Waals surface area contributed by atoms with Gasteiger partial charge in [0.25, 0.3) is 0 Å². The number of nitrogens with two attached hydrogens (primary N) is 2. The molecule has 0 aromatic heterocycles. The van der Waals surface area contributed by atoms with Crippen LogP contribution in [0.15, 0.2) is 24.3 Å². The van der Waals surface area contributed by atoms with Crippen LogP contribution in [0.25, 0.3) is 0 Å². The molecule has 1 aromatic rings. The first-order chi connectivity index (χ1) is 12.5. The largest absolute Gasteiger partial charge is 0.508 e. The fraction of sp³-hybridized carbons (Fsp3) is 0.471. The first kappa shape index (κ1) is 21.9. The zero-order valence-electron chi connectivity index (χ0n) is 14.5. The third kappa shape index (κ3) is 8.32. The average molecular weight is 382 g/mol. The Labute approximate surface area is 157 Å². The van der Waals surface area contributed by atoms with Crippen molar-refractivity contribution >= 4 is 29.9 Å². The number of carbonyl (C=O) groups excluding carboxylic acids is 3. The highest BCUT2D eigenvalue weighted by molar-refractivity contribution is 7.99. The number of thioether (sulfide) groups is 1. The Morgan fingerprint density at radius 3 is 2.54 bits per heavy atom. The smallest absolute Gasteiger partial charge is 0.243 e. The highest BCUT2D eigenvalue weighted by Gasteiger charge is 2.23. The molecule has 0 aliphatic rings. The number of phenolic OH excluding ortho intramolecular Hbond substituents is 1. The van der Waals surface area contributed by atoms with Gasteiger partial charge in [0.2, 0.25) is 11.8 Å². The third-order valence-corrected chi connectivity index (χ3v) is 4.65. The molecule has 1 aromatic carbocycles. The number of hydrogen-bond acceptors (Lipinski definition) is 7. The second-order valence-electron chi connectivity index (χ2n) is 5.67. The molecule has 0 bridgehead atoms. The van der Waals surface area contributed by atoms with E-state index in [9.17, 15) is 19.5 Å². The zero-order valence-corrected chi connectivity index (χ0v) is 15.3. The van der Waals surface area contributed by atoms with Gasteiger partial charge >= 0.3 is 0 Å². The van der Waals surface area contributed by atoms with Gasteiger partial charge in [0, 0.05) is 5.75 Å². The summed E-state index contributed by atoms with van der Waals surface area (Å²) >= 11 is 1.49. The molecule has 7 N–H and O–H groups in total. The molecule has 0 radical (unpaired) electrons. The predicted molar refractivity (Wildman–Crippen MR) is 102 cm³/mol. The molecule has 0 aliphatic heterocycles. The number of rotatable bonds is 12. The lowest BCUT2D eigenvalue weighted by Gasteiger charge is -2.20. The van der Waals surface area contributed by atoms with Gasteiger partial charge in [0.05, 0.1) is 12.6 Å². The number of benzene rings is 1. The SMILES string of the molecule is NCCCSC[C@H](NC(=O)[C@@H](N)Cc1ccc(O)cc1)C(=O)NCC=O. The van der Waals surface area contributed by atoms with Crippen molar-refractivity contribution in [1.29, 1.82) is 0 Å². The van der Waals surface area contributed by atoms with Crippen LogP contribution in [0.2, 0.25) is 0 Å². The molecule has 0 aliphatic carbocycles. The van der Waals surface area contributed by atoms with Crippen LogP contribution >= 0.6 is 11.8 Å². The molecular formula is C17H26N4O4S. The average Bonchev–Trinajstić information content (AvgIpc) is 2.63. The standard InChI is InChI=1S/C17H26N4O4S/c18-6-1-9-26-11-15(17(25)20-7-8-22)21-16(24)14(19)10-12-2-4-13(23)5-3-12/h2-5,8,14-15,23H,1,6-7,9-11,18-19H2,(H,20,25)(H,21,24)/t14-,15-/m0/s1. The van der Waals surface area contributed by atoms with Crippen molar-refractivity contribution in [1.82, 2.24) is 10.6 Å². The van der Waals surface area contributed by atoms with E-state index in [1.54, 1.807) is 12.1 Å². The highest BCUT2D eigenvalue weighted by Crippen LogP contribution is 2.11. The van der Waals surface area contributed by atoms with Crippen LogP contribution in [0.1, 0.15) is 12.0 Å². The molecule has 0 saturated carbocycles. The first-order valence-corrected chi connectivity index (χ1v) is 9.46. The summed E-state index contributed by atoms with van der Waals surface area (Å²) in [7, 11) is 0. The van der Waals surface area contributed by atoms with E-state index in [-0.39, 0.29) is 18.7 Å². The molecule has 26 heavy (non-hydrogen) atoms. The van der Waals surface area contributed by atoms with E-state index < -0.39 is 23.9 Å². The fourth-order valence-corrected chi connectivity index (χ4v) is 3.10. The molecule has 0 unspecified atom stereocenters. The number of amides is 2. The van der Waals surface area contributed by atoms with Gasteiger partial charge in [-0.05, 0) is 42.8 Å². The van der Waals surface area contributed by atoms with Crippen molar-refractivity contribution in [2.75, 3.05) is 24.6 Å². The van der Waals surface area contributed by atoms with Gasteiger partial charge in [-0.15, -0.1) is 0 Å². The van der Waals surface area contributed by atoms with Crippen LogP contribution in [0, 0.1) is 0 Å². The van der Waals surface area contributed by atoms with Crippen LogP contribution in [-0.2, 0) is 20.8 Å². The molecule has 2 atom stereocenters. The summed E-state index contributed by atoms with van der Waals surface area (Å²) in [5.41, 5.74) is 12.2. The monoisotopic (exact) mass is 382 g/mol. The Morgan fingerprint density at radius 2 is 1.92 bits per heavy atom. The van der Waals surface area contributed by atoms with Crippen LogP contribution in [0.5, 0.6) is 5.75 Å². The van der Waals surface area contributed by atoms with Crippen LogP contribution < -0.4 is 22.1 Å². The Kier molecular flexibility index (Phi) is 10.4. The second kappa shape index (κ2) is 12.3. The molecule has 0 fully saturated rings. The minimum Gasteiger partial charge on any atom is -0.508 e. The number of hydrogen-bond donors (Lipinski definition) is 5. The summed E-state index contributed by atoms with van der Waals surface area (Å²) in [5.74, 6) is 0.380. The topological polar surface area (TPSA) is 148 Å². The molecular weight excluding hydrogens is 356 g/mol. The molecule has 0 heterocycles. The molecule has 9 heteroatoms. The summed E-state index contributed by atoms with van der Waals surface area (Å²) in [4.78, 5) is 34.9. The second-order valence-corrected chi connectivity index (χ2v) is 6.82. The Morgan fingerprint density at radius 1 is 1.23 bits per heavy atom. The lowest BCUT2D eigenvalue weighted by atomic mass is 10.1. The quantitative estimate of drug-likeness (QED) is 0.233. The highest BCUT2D eigenvalue weighted by atomic mass is 32.2. The lowest BCUT2D eigenvalue weighted by molar-refractivity contribution is -0.129. The van der Waals surface area contributed by atoms with E-state index in [1.165, 1.54) is 23.9 Å².